The van der Waals surface area contributed by atoms with Crippen molar-refractivity contribution in [1.82, 2.24) is 4.31 Å². The minimum atomic E-state index is -3.41. The molecule has 1 aromatic carbocycles. The van der Waals surface area contributed by atoms with Gasteiger partial charge in [0, 0.05) is 19.6 Å². The topological polar surface area (TPSA) is 63.4 Å². The number of benzene rings is 1. The summed E-state index contributed by atoms with van der Waals surface area (Å²) in [6.07, 6.45) is 2.85. The van der Waals surface area contributed by atoms with E-state index in [1.807, 2.05) is 0 Å². The normalized spacial score (nSPS) is 17.6. The summed E-state index contributed by atoms with van der Waals surface area (Å²) in [7, 11) is -3.41. The number of nitrogens with zero attached hydrogens (tertiary/aromatic N) is 1. The van der Waals surface area contributed by atoms with Gasteiger partial charge >= 0.3 is 0 Å². The molecule has 1 heterocycles. The fraction of sp³-hybridized carbons (Fsp3) is 0.500. The van der Waals surface area contributed by atoms with E-state index in [9.17, 15) is 8.42 Å². The molecule has 5 heteroatoms. The zero-order valence-corrected chi connectivity index (χ0v) is 13.8. The van der Waals surface area contributed by atoms with Gasteiger partial charge < -0.3 is 5.73 Å². The van der Waals surface area contributed by atoms with Crippen molar-refractivity contribution in [2.24, 2.45) is 11.1 Å². The Kier molecular flexibility index (Phi) is 4.56. The molecular formula is C16H24N2O2S. The summed E-state index contributed by atoms with van der Waals surface area (Å²) in [6, 6.07) is 6.82. The maximum Gasteiger partial charge on any atom is 0.243 e. The molecule has 2 rings (SSSR count). The minimum Gasteiger partial charge on any atom is -0.326 e. The molecule has 2 N–H and O–H groups in total. The van der Waals surface area contributed by atoms with E-state index in [2.05, 4.69) is 26.8 Å². The summed E-state index contributed by atoms with van der Waals surface area (Å²) in [5.74, 6) is 0. The highest BCUT2D eigenvalue weighted by atomic mass is 32.2. The molecule has 0 radical (unpaired) electrons. The molecule has 0 saturated carbocycles. The predicted octanol–water partition coefficient (Wildman–Crippen LogP) is 2.51. The molecular weight excluding hydrogens is 284 g/mol. The minimum absolute atomic E-state index is 0.110. The molecule has 1 aromatic rings. The van der Waals surface area contributed by atoms with Crippen LogP contribution in [-0.2, 0) is 16.6 Å². The van der Waals surface area contributed by atoms with Crippen molar-refractivity contribution in [3.8, 4) is 0 Å². The number of hydrogen-bond acceptors (Lipinski definition) is 3. The van der Waals surface area contributed by atoms with Crippen LogP contribution in [0.3, 0.4) is 0 Å². The van der Waals surface area contributed by atoms with Gasteiger partial charge in [-0.3, -0.25) is 0 Å². The lowest BCUT2D eigenvalue weighted by Crippen LogP contribution is -2.36. The standard InChI is InChI=1S/C16H24N2O2S/c1-16(2,3)14-8-10-18(11-9-14)21(19,20)15-6-4-13(12-17)5-7-15/h4-8H,9-12,17H2,1-3H3. The molecule has 0 bridgehead atoms. The fourth-order valence-corrected chi connectivity index (χ4v) is 3.88. The lowest BCUT2D eigenvalue weighted by molar-refractivity contribution is 0.389. The first-order valence-corrected chi connectivity index (χ1v) is 8.68. The molecule has 0 atom stereocenters. The number of sulfonamides is 1. The van der Waals surface area contributed by atoms with Gasteiger partial charge in [0.25, 0.3) is 0 Å². The van der Waals surface area contributed by atoms with Crippen molar-refractivity contribution in [3.05, 3.63) is 41.5 Å². The third-order valence-electron chi connectivity index (χ3n) is 3.93. The Balaban J connectivity index is 2.20. The summed E-state index contributed by atoms with van der Waals surface area (Å²) in [5, 5.41) is 0. The van der Waals surface area contributed by atoms with Crippen LogP contribution in [0.15, 0.2) is 40.8 Å². The van der Waals surface area contributed by atoms with E-state index >= 15 is 0 Å². The van der Waals surface area contributed by atoms with Crippen LogP contribution >= 0.6 is 0 Å². The summed E-state index contributed by atoms with van der Waals surface area (Å²) < 4.78 is 26.8. The summed E-state index contributed by atoms with van der Waals surface area (Å²) >= 11 is 0. The summed E-state index contributed by atoms with van der Waals surface area (Å²) in [5.41, 5.74) is 7.91. The van der Waals surface area contributed by atoms with Gasteiger partial charge in [-0.1, -0.05) is 44.6 Å². The summed E-state index contributed by atoms with van der Waals surface area (Å²) in [4.78, 5) is 0.340. The molecule has 0 fully saturated rings. The Labute approximate surface area is 127 Å². The Morgan fingerprint density at radius 3 is 2.24 bits per heavy atom. The van der Waals surface area contributed by atoms with Gasteiger partial charge in [-0.05, 0) is 29.5 Å². The van der Waals surface area contributed by atoms with Crippen LogP contribution in [0.4, 0.5) is 0 Å². The quantitative estimate of drug-likeness (QED) is 0.873. The predicted molar refractivity (Wildman–Crippen MR) is 85.2 cm³/mol. The van der Waals surface area contributed by atoms with Crippen molar-refractivity contribution in [2.75, 3.05) is 13.1 Å². The Hall–Kier alpha value is -1.17. The number of rotatable bonds is 3. The monoisotopic (exact) mass is 308 g/mol. The van der Waals surface area contributed by atoms with Crippen LogP contribution in [0.25, 0.3) is 0 Å². The Morgan fingerprint density at radius 2 is 1.81 bits per heavy atom. The third kappa shape index (κ3) is 3.54. The van der Waals surface area contributed by atoms with E-state index in [1.165, 1.54) is 5.57 Å². The molecule has 0 amide bonds. The maximum absolute atomic E-state index is 12.6. The lowest BCUT2D eigenvalue weighted by atomic mass is 9.83. The highest BCUT2D eigenvalue weighted by molar-refractivity contribution is 7.89. The first kappa shape index (κ1) is 16.2. The molecule has 116 valence electrons. The van der Waals surface area contributed by atoms with E-state index in [1.54, 1.807) is 28.6 Å². The molecule has 0 unspecified atom stereocenters. The van der Waals surface area contributed by atoms with Crippen molar-refractivity contribution in [1.29, 1.82) is 0 Å². The molecule has 1 aliphatic rings. The van der Waals surface area contributed by atoms with Crippen molar-refractivity contribution < 1.29 is 8.42 Å². The second-order valence-corrected chi connectivity index (χ2v) is 8.38. The Morgan fingerprint density at radius 1 is 1.19 bits per heavy atom. The van der Waals surface area contributed by atoms with Crippen molar-refractivity contribution in [3.63, 3.8) is 0 Å². The smallest absolute Gasteiger partial charge is 0.243 e. The van der Waals surface area contributed by atoms with E-state index in [4.69, 9.17) is 5.73 Å². The van der Waals surface area contributed by atoms with Crippen LogP contribution in [0.1, 0.15) is 32.8 Å². The van der Waals surface area contributed by atoms with Gasteiger partial charge in [0.05, 0.1) is 4.90 Å². The largest absolute Gasteiger partial charge is 0.326 e. The zero-order chi connectivity index (χ0) is 15.7. The third-order valence-corrected chi connectivity index (χ3v) is 5.81. The van der Waals surface area contributed by atoms with Crippen LogP contribution in [0.5, 0.6) is 0 Å². The molecule has 0 spiro atoms. The highest BCUT2D eigenvalue weighted by Crippen LogP contribution is 2.31. The summed E-state index contributed by atoms with van der Waals surface area (Å²) in [6.45, 7) is 7.90. The SMILES string of the molecule is CC(C)(C)C1=CCN(S(=O)(=O)c2ccc(CN)cc2)CC1. The lowest BCUT2D eigenvalue weighted by Gasteiger charge is -2.31. The molecule has 21 heavy (non-hydrogen) atoms. The molecule has 4 nitrogen and oxygen atoms in total. The average Bonchev–Trinajstić information content (AvgIpc) is 2.46. The van der Waals surface area contributed by atoms with Crippen LogP contribution in [-0.4, -0.2) is 25.8 Å². The molecule has 1 aliphatic heterocycles. The molecule has 0 saturated heterocycles. The van der Waals surface area contributed by atoms with E-state index < -0.39 is 10.0 Å². The van der Waals surface area contributed by atoms with Gasteiger partial charge in [-0.2, -0.15) is 4.31 Å². The van der Waals surface area contributed by atoms with Gasteiger partial charge in [0.15, 0.2) is 0 Å². The van der Waals surface area contributed by atoms with E-state index in [-0.39, 0.29) is 5.41 Å². The van der Waals surface area contributed by atoms with Crippen molar-refractivity contribution >= 4 is 10.0 Å². The Bertz CT molecular complexity index is 625. The fourth-order valence-electron chi connectivity index (χ4n) is 2.50. The van der Waals surface area contributed by atoms with E-state index in [0.717, 1.165) is 12.0 Å². The van der Waals surface area contributed by atoms with E-state index in [0.29, 0.717) is 24.5 Å². The van der Waals surface area contributed by atoms with Gasteiger partial charge in [-0.15, -0.1) is 0 Å². The number of hydrogen-bond donors (Lipinski definition) is 1. The number of nitrogens with two attached hydrogens (primary N) is 1. The van der Waals surface area contributed by atoms with Gasteiger partial charge in [-0.25, -0.2) is 8.42 Å². The molecule has 0 aromatic heterocycles. The highest BCUT2D eigenvalue weighted by Gasteiger charge is 2.28. The van der Waals surface area contributed by atoms with Crippen LogP contribution in [0, 0.1) is 5.41 Å². The first-order chi connectivity index (χ1) is 9.75. The zero-order valence-electron chi connectivity index (χ0n) is 13.0. The van der Waals surface area contributed by atoms with Crippen molar-refractivity contribution in [2.45, 2.75) is 38.6 Å². The second-order valence-electron chi connectivity index (χ2n) is 6.44. The van der Waals surface area contributed by atoms with Crippen LogP contribution < -0.4 is 5.73 Å². The van der Waals surface area contributed by atoms with Crippen LogP contribution in [0.2, 0.25) is 0 Å². The second kappa shape index (κ2) is 5.91. The average molecular weight is 308 g/mol. The van der Waals surface area contributed by atoms with Gasteiger partial charge in [0.1, 0.15) is 0 Å². The molecule has 0 aliphatic carbocycles. The first-order valence-electron chi connectivity index (χ1n) is 7.24. The maximum atomic E-state index is 12.6. The van der Waals surface area contributed by atoms with Gasteiger partial charge in [0.2, 0.25) is 10.0 Å².